The molecule has 1 aromatic rings. The lowest BCUT2D eigenvalue weighted by Gasteiger charge is -2.25. The highest BCUT2D eigenvalue weighted by atomic mass is 16.1. The number of aryl methyl sites for hydroxylation is 2. The van der Waals surface area contributed by atoms with Crippen LogP contribution >= 0.6 is 0 Å². The molecule has 1 heterocycles. The number of carbonyl (C=O) groups excluding carboxylic acids is 1. The molecule has 1 unspecified atom stereocenters. The summed E-state index contributed by atoms with van der Waals surface area (Å²) in [5.41, 5.74) is 0.207. The molecule has 1 aliphatic carbocycles. The van der Waals surface area contributed by atoms with E-state index in [0.717, 1.165) is 18.7 Å². The second-order valence-corrected chi connectivity index (χ2v) is 5.85. The maximum atomic E-state index is 12.2. The standard InChI is InChI=1S/C14H22N2O/c1-14(2)8-4-5-11(14)12(17)6-7-13-15-9-10-16(13)3/h9-11H,4-8H2,1-3H3. The summed E-state index contributed by atoms with van der Waals surface area (Å²) in [6.45, 7) is 4.45. The highest BCUT2D eigenvalue weighted by Gasteiger charge is 2.38. The van der Waals surface area contributed by atoms with Gasteiger partial charge in [0, 0.05) is 38.2 Å². The quantitative estimate of drug-likeness (QED) is 0.803. The van der Waals surface area contributed by atoms with Gasteiger partial charge in [0.2, 0.25) is 0 Å². The first kappa shape index (κ1) is 12.3. The average molecular weight is 234 g/mol. The maximum absolute atomic E-state index is 12.2. The van der Waals surface area contributed by atoms with Crippen LogP contribution in [-0.2, 0) is 18.3 Å². The van der Waals surface area contributed by atoms with Crippen LogP contribution in [0.5, 0.6) is 0 Å². The lowest BCUT2D eigenvalue weighted by atomic mass is 9.78. The summed E-state index contributed by atoms with van der Waals surface area (Å²) in [5.74, 6) is 1.70. The zero-order valence-corrected chi connectivity index (χ0v) is 11.1. The molecule has 0 N–H and O–H groups in total. The number of carbonyl (C=O) groups is 1. The van der Waals surface area contributed by atoms with E-state index in [1.165, 1.54) is 12.8 Å². The molecular formula is C14H22N2O. The van der Waals surface area contributed by atoms with Gasteiger partial charge in [0.05, 0.1) is 0 Å². The van der Waals surface area contributed by atoms with Crippen LogP contribution in [-0.4, -0.2) is 15.3 Å². The van der Waals surface area contributed by atoms with Crippen LogP contribution in [0.4, 0.5) is 0 Å². The Kier molecular flexibility index (Phi) is 3.36. The van der Waals surface area contributed by atoms with Gasteiger partial charge in [-0.2, -0.15) is 0 Å². The van der Waals surface area contributed by atoms with Crippen molar-refractivity contribution < 1.29 is 4.79 Å². The number of nitrogens with zero attached hydrogens (tertiary/aromatic N) is 2. The molecular weight excluding hydrogens is 212 g/mol. The third-order valence-corrected chi connectivity index (χ3v) is 4.16. The van der Waals surface area contributed by atoms with E-state index in [1.807, 2.05) is 17.8 Å². The Balaban J connectivity index is 1.92. The molecule has 0 aliphatic heterocycles. The van der Waals surface area contributed by atoms with Gasteiger partial charge in [0.25, 0.3) is 0 Å². The molecule has 3 nitrogen and oxygen atoms in total. The van der Waals surface area contributed by atoms with E-state index in [-0.39, 0.29) is 11.3 Å². The lowest BCUT2D eigenvalue weighted by molar-refractivity contribution is -0.125. The molecule has 0 bridgehead atoms. The van der Waals surface area contributed by atoms with Crippen LogP contribution < -0.4 is 0 Å². The molecule has 94 valence electrons. The summed E-state index contributed by atoms with van der Waals surface area (Å²) < 4.78 is 1.99. The molecule has 0 aromatic carbocycles. The van der Waals surface area contributed by atoms with Gasteiger partial charge in [-0.3, -0.25) is 4.79 Å². The number of hydrogen-bond acceptors (Lipinski definition) is 2. The van der Waals surface area contributed by atoms with E-state index in [4.69, 9.17) is 0 Å². The van der Waals surface area contributed by atoms with Crippen LogP contribution in [0.3, 0.4) is 0 Å². The van der Waals surface area contributed by atoms with Crippen molar-refractivity contribution in [1.82, 2.24) is 9.55 Å². The number of aromatic nitrogens is 2. The van der Waals surface area contributed by atoms with Crippen molar-refractivity contribution in [2.45, 2.75) is 46.0 Å². The van der Waals surface area contributed by atoms with E-state index in [2.05, 4.69) is 18.8 Å². The zero-order chi connectivity index (χ0) is 12.5. The third-order valence-electron chi connectivity index (χ3n) is 4.16. The first-order chi connectivity index (χ1) is 8.00. The fourth-order valence-electron chi connectivity index (χ4n) is 2.97. The Labute approximate surface area is 103 Å². The molecule has 0 radical (unpaired) electrons. The molecule has 0 saturated heterocycles. The number of hydrogen-bond donors (Lipinski definition) is 0. The highest BCUT2D eigenvalue weighted by Crippen LogP contribution is 2.43. The van der Waals surface area contributed by atoms with E-state index < -0.39 is 0 Å². The topological polar surface area (TPSA) is 34.9 Å². The Hall–Kier alpha value is -1.12. The first-order valence-electron chi connectivity index (χ1n) is 6.49. The molecule has 3 heteroatoms. The van der Waals surface area contributed by atoms with Crippen LogP contribution in [0.1, 0.15) is 45.4 Å². The SMILES string of the molecule is Cn1ccnc1CCC(=O)C1CCCC1(C)C. The molecule has 1 aliphatic rings. The van der Waals surface area contributed by atoms with E-state index >= 15 is 0 Å². The fraction of sp³-hybridized carbons (Fsp3) is 0.714. The minimum Gasteiger partial charge on any atom is -0.338 e. The smallest absolute Gasteiger partial charge is 0.136 e. The molecule has 0 spiro atoms. The Morgan fingerprint density at radius 3 is 2.88 bits per heavy atom. The summed E-state index contributed by atoms with van der Waals surface area (Å²) in [6.07, 6.45) is 8.59. The minimum atomic E-state index is 0.207. The Bertz CT molecular complexity index is 406. The summed E-state index contributed by atoms with van der Waals surface area (Å²) in [4.78, 5) is 16.5. The Morgan fingerprint density at radius 2 is 2.35 bits per heavy atom. The normalized spacial score (nSPS) is 22.9. The second kappa shape index (κ2) is 4.63. The summed E-state index contributed by atoms with van der Waals surface area (Å²) in [6, 6.07) is 0. The van der Waals surface area contributed by atoms with Crippen LogP contribution in [0, 0.1) is 11.3 Å². The molecule has 1 aromatic heterocycles. The van der Waals surface area contributed by atoms with E-state index in [1.54, 1.807) is 6.20 Å². The molecule has 0 amide bonds. The number of ketones is 1. The van der Waals surface area contributed by atoms with Gasteiger partial charge in [0.1, 0.15) is 11.6 Å². The summed E-state index contributed by atoms with van der Waals surface area (Å²) in [5, 5.41) is 0. The predicted molar refractivity (Wildman–Crippen MR) is 67.7 cm³/mol. The van der Waals surface area contributed by atoms with Gasteiger partial charge in [-0.1, -0.05) is 20.3 Å². The van der Waals surface area contributed by atoms with Gasteiger partial charge in [-0.15, -0.1) is 0 Å². The van der Waals surface area contributed by atoms with Gasteiger partial charge in [-0.05, 0) is 18.3 Å². The number of imidazole rings is 1. The second-order valence-electron chi connectivity index (χ2n) is 5.85. The predicted octanol–water partition coefficient (Wildman–Crippen LogP) is 2.75. The van der Waals surface area contributed by atoms with Crippen molar-refractivity contribution in [2.75, 3.05) is 0 Å². The van der Waals surface area contributed by atoms with Crippen molar-refractivity contribution in [1.29, 1.82) is 0 Å². The van der Waals surface area contributed by atoms with E-state index in [0.29, 0.717) is 12.2 Å². The monoisotopic (exact) mass is 234 g/mol. The minimum absolute atomic E-state index is 0.207. The average Bonchev–Trinajstić information content (AvgIpc) is 2.81. The summed E-state index contributed by atoms with van der Waals surface area (Å²) in [7, 11) is 1.98. The van der Waals surface area contributed by atoms with Crippen molar-refractivity contribution in [2.24, 2.45) is 18.4 Å². The van der Waals surface area contributed by atoms with Crippen molar-refractivity contribution >= 4 is 5.78 Å². The molecule has 1 fully saturated rings. The highest BCUT2D eigenvalue weighted by molar-refractivity contribution is 5.82. The maximum Gasteiger partial charge on any atom is 0.136 e. The van der Waals surface area contributed by atoms with Gasteiger partial charge >= 0.3 is 0 Å². The molecule has 17 heavy (non-hydrogen) atoms. The fourth-order valence-corrected chi connectivity index (χ4v) is 2.97. The molecule has 2 rings (SSSR count). The largest absolute Gasteiger partial charge is 0.338 e. The molecule has 1 saturated carbocycles. The number of rotatable bonds is 4. The van der Waals surface area contributed by atoms with Crippen molar-refractivity contribution in [3.63, 3.8) is 0 Å². The summed E-state index contributed by atoms with van der Waals surface area (Å²) >= 11 is 0. The lowest BCUT2D eigenvalue weighted by Crippen LogP contribution is -2.26. The van der Waals surface area contributed by atoms with Gasteiger partial charge in [0.15, 0.2) is 0 Å². The third kappa shape index (κ3) is 2.59. The van der Waals surface area contributed by atoms with Gasteiger partial charge in [-0.25, -0.2) is 4.98 Å². The van der Waals surface area contributed by atoms with Crippen molar-refractivity contribution in [3.8, 4) is 0 Å². The zero-order valence-electron chi connectivity index (χ0n) is 11.1. The Morgan fingerprint density at radius 1 is 1.59 bits per heavy atom. The molecule has 1 atom stereocenters. The van der Waals surface area contributed by atoms with Crippen LogP contribution in [0.15, 0.2) is 12.4 Å². The van der Waals surface area contributed by atoms with Crippen LogP contribution in [0.25, 0.3) is 0 Å². The van der Waals surface area contributed by atoms with Gasteiger partial charge < -0.3 is 4.57 Å². The van der Waals surface area contributed by atoms with Crippen molar-refractivity contribution in [3.05, 3.63) is 18.2 Å². The first-order valence-corrected chi connectivity index (χ1v) is 6.49. The van der Waals surface area contributed by atoms with E-state index in [9.17, 15) is 4.79 Å². The van der Waals surface area contributed by atoms with Crippen LogP contribution in [0.2, 0.25) is 0 Å². The number of Topliss-reactive ketones (excluding diaryl/α,β-unsaturated/α-hetero) is 1.